The molecule has 1 aromatic heterocycles. The van der Waals surface area contributed by atoms with Crippen LogP contribution < -0.4 is 16.0 Å². The van der Waals surface area contributed by atoms with Crippen molar-refractivity contribution < 1.29 is 4.74 Å². The molecule has 0 spiro atoms. The van der Waals surface area contributed by atoms with Crippen LogP contribution in [0.1, 0.15) is 55.4 Å². The molecule has 0 fully saturated rings. The summed E-state index contributed by atoms with van der Waals surface area (Å²) in [4.78, 5) is 22.9. The zero-order chi connectivity index (χ0) is 27.1. The highest BCUT2D eigenvalue weighted by atomic mass is 16.5. The third-order valence-electron chi connectivity index (χ3n) is 6.66. The number of hydrogen-bond acceptors (Lipinski definition) is 4. The van der Waals surface area contributed by atoms with Crippen molar-refractivity contribution in [2.24, 2.45) is 10.7 Å². The Labute approximate surface area is 224 Å². The highest BCUT2D eigenvalue weighted by Crippen LogP contribution is 2.26. The normalized spacial score (nSPS) is 11.5. The third kappa shape index (κ3) is 5.86. The van der Waals surface area contributed by atoms with Gasteiger partial charge in [0.25, 0.3) is 5.56 Å². The van der Waals surface area contributed by atoms with E-state index in [1.807, 2.05) is 61.5 Å². The third-order valence-corrected chi connectivity index (χ3v) is 6.66. The number of amidine groups is 1. The fourth-order valence-electron chi connectivity index (χ4n) is 4.55. The van der Waals surface area contributed by atoms with Gasteiger partial charge in [0.2, 0.25) is 5.75 Å². The van der Waals surface area contributed by atoms with Crippen LogP contribution in [0.15, 0.2) is 82.6 Å². The van der Waals surface area contributed by atoms with Crippen LogP contribution in [0, 0.1) is 0 Å². The Bertz CT molecular complexity index is 1490. The van der Waals surface area contributed by atoms with Crippen LogP contribution in [0.25, 0.3) is 11.1 Å². The molecule has 6 heteroatoms. The van der Waals surface area contributed by atoms with E-state index in [1.165, 1.54) is 0 Å². The minimum absolute atomic E-state index is 0.149. The molecule has 0 saturated carbocycles. The molecule has 38 heavy (non-hydrogen) atoms. The van der Waals surface area contributed by atoms with Crippen molar-refractivity contribution in [3.63, 3.8) is 0 Å². The number of hydrogen-bond donors (Lipinski definition) is 1. The van der Waals surface area contributed by atoms with Gasteiger partial charge in [-0.25, -0.2) is 4.98 Å². The fraction of sp³-hybridized carbons (Fsp3) is 0.281. The van der Waals surface area contributed by atoms with Gasteiger partial charge in [-0.2, -0.15) is 0 Å². The largest absolute Gasteiger partial charge is 0.450 e. The summed E-state index contributed by atoms with van der Waals surface area (Å²) < 4.78 is 7.95. The Hall–Kier alpha value is -4.19. The van der Waals surface area contributed by atoms with Crippen molar-refractivity contribution in [3.8, 4) is 22.6 Å². The summed E-state index contributed by atoms with van der Waals surface area (Å²) in [5.74, 6) is 2.25. The zero-order valence-corrected chi connectivity index (χ0v) is 22.7. The van der Waals surface area contributed by atoms with Crippen LogP contribution in [0.5, 0.6) is 11.5 Å². The van der Waals surface area contributed by atoms with Crippen molar-refractivity contribution in [1.29, 1.82) is 0 Å². The van der Waals surface area contributed by atoms with Gasteiger partial charge >= 0.3 is 0 Å². The molecule has 196 valence electrons. The lowest BCUT2D eigenvalue weighted by Gasteiger charge is -2.17. The minimum Gasteiger partial charge on any atom is -0.450 e. The van der Waals surface area contributed by atoms with Crippen molar-refractivity contribution in [1.82, 2.24) is 9.55 Å². The lowest BCUT2D eigenvalue weighted by atomic mass is 9.98. The summed E-state index contributed by atoms with van der Waals surface area (Å²) in [6.45, 7) is 6.61. The predicted octanol–water partition coefficient (Wildman–Crippen LogP) is 6.16. The molecular formula is C32H36N4O2. The Balaban J connectivity index is 1.71. The number of rotatable bonds is 10. The highest BCUT2D eigenvalue weighted by molar-refractivity contribution is 6.03. The van der Waals surface area contributed by atoms with Gasteiger partial charge in [-0.15, -0.1) is 0 Å². The monoisotopic (exact) mass is 508 g/mol. The van der Waals surface area contributed by atoms with Crippen molar-refractivity contribution >= 4 is 5.84 Å². The molecular weight excluding hydrogens is 472 g/mol. The van der Waals surface area contributed by atoms with E-state index in [1.54, 1.807) is 11.6 Å². The first-order valence-corrected chi connectivity index (χ1v) is 13.3. The molecule has 0 radical (unpaired) electrons. The Morgan fingerprint density at radius 3 is 2.39 bits per heavy atom. The standard InChI is InChI=1S/C32H36N4O2/c1-5-11-29-35-28(7-3)30(38-25-13-10-12-22(6-2)20-25)32(37)36(29)21-23-16-18-24(19-17-23)26-14-8-9-15-27(26)31(33)34-4/h8-10,12-20H,5-7,11,21H2,1-4H3,(H2,33,34). The first-order valence-electron chi connectivity index (χ1n) is 13.3. The highest BCUT2D eigenvalue weighted by Gasteiger charge is 2.18. The first-order chi connectivity index (χ1) is 18.5. The zero-order valence-electron chi connectivity index (χ0n) is 22.7. The molecule has 4 rings (SSSR count). The number of nitrogens with two attached hydrogens (primary N) is 1. The summed E-state index contributed by atoms with van der Waals surface area (Å²) in [6, 6.07) is 24.0. The second kappa shape index (κ2) is 12.4. The molecule has 4 aromatic rings. The molecule has 0 unspecified atom stereocenters. The number of aliphatic imine (C=N–C) groups is 1. The molecule has 6 nitrogen and oxygen atoms in total. The van der Waals surface area contributed by atoms with E-state index < -0.39 is 0 Å². The molecule has 0 aliphatic carbocycles. The number of ether oxygens (including phenoxy) is 1. The lowest BCUT2D eigenvalue weighted by Crippen LogP contribution is -2.28. The quantitative estimate of drug-likeness (QED) is 0.205. The van der Waals surface area contributed by atoms with Crippen molar-refractivity contribution in [2.45, 2.75) is 53.0 Å². The molecule has 0 atom stereocenters. The van der Waals surface area contributed by atoms with Crippen LogP contribution >= 0.6 is 0 Å². The van der Waals surface area contributed by atoms with E-state index in [-0.39, 0.29) is 5.56 Å². The van der Waals surface area contributed by atoms with Gasteiger partial charge in [0.15, 0.2) is 0 Å². The summed E-state index contributed by atoms with van der Waals surface area (Å²) >= 11 is 0. The van der Waals surface area contributed by atoms with Crippen molar-refractivity contribution in [3.05, 3.63) is 111 Å². The Morgan fingerprint density at radius 2 is 1.71 bits per heavy atom. The van der Waals surface area contributed by atoms with E-state index in [9.17, 15) is 4.79 Å². The van der Waals surface area contributed by atoms with E-state index in [0.29, 0.717) is 36.0 Å². The van der Waals surface area contributed by atoms with E-state index in [4.69, 9.17) is 15.5 Å². The molecule has 2 N–H and O–H groups in total. The number of nitrogens with zero attached hydrogens (tertiary/aromatic N) is 3. The molecule has 0 bridgehead atoms. The van der Waals surface area contributed by atoms with E-state index in [2.05, 4.69) is 37.0 Å². The maximum Gasteiger partial charge on any atom is 0.297 e. The molecule has 0 saturated heterocycles. The number of benzene rings is 3. The average Bonchev–Trinajstić information content (AvgIpc) is 2.96. The van der Waals surface area contributed by atoms with Gasteiger partial charge in [-0.1, -0.05) is 81.4 Å². The first kappa shape index (κ1) is 26.9. The molecule has 3 aromatic carbocycles. The number of aromatic nitrogens is 2. The smallest absolute Gasteiger partial charge is 0.297 e. The molecule has 0 aliphatic heterocycles. The van der Waals surface area contributed by atoms with Gasteiger partial charge < -0.3 is 10.5 Å². The average molecular weight is 509 g/mol. The van der Waals surface area contributed by atoms with Gasteiger partial charge in [0.05, 0.1) is 12.2 Å². The summed E-state index contributed by atoms with van der Waals surface area (Å²) in [5, 5.41) is 0. The summed E-state index contributed by atoms with van der Waals surface area (Å²) in [6.07, 6.45) is 3.13. The van der Waals surface area contributed by atoms with Gasteiger partial charge in [-0.05, 0) is 53.6 Å². The Morgan fingerprint density at radius 1 is 0.947 bits per heavy atom. The maximum atomic E-state index is 13.8. The second-order valence-corrected chi connectivity index (χ2v) is 9.25. The predicted molar refractivity (Wildman–Crippen MR) is 155 cm³/mol. The SMILES string of the molecule is CCCc1nc(CC)c(Oc2cccc(CC)c2)c(=O)n1Cc1ccc(-c2ccccc2C(N)=NC)cc1. The minimum atomic E-state index is -0.149. The fourth-order valence-corrected chi connectivity index (χ4v) is 4.55. The molecule has 0 amide bonds. The van der Waals surface area contributed by atoms with Crippen LogP contribution in [0.4, 0.5) is 0 Å². The van der Waals surface area contributed by atoms with Crippen LogP contribution in [-0.4, -0.2) is 22.4 Å². The van der Waals surface area contributed by atoms with Crippen LogP contribution in [0.2, 0.25) is 0 Å². The van der Waals surface area contributed by atoms with Gasteiger partial charge in [0.1, 0.15) is 17.4 Å². The van der Waals surface area contributed by atoms with Crippen LogP contribution in [0.3, 0.4) is 0 Å². The lowest BCUT2D eigenvalue weighted by molar-refractivity contribution is 0.450. The summed E-state index contributed by atoms with van der Waals surface area (Å²) in [7, 11) is 1.69. The maximum absolute atomic E-state index is 13.8. The second-order valence-electron chi connectivity index (χ2n) is 9.25. The molecule has 1 heterocycles. The van der Waals surface area contributed by atoms with E-state index in [0.717, 1.165) is 52.9 Å². The molecule has 0 aliphatic rings. The summed E-state index contributed by atoms with van der Waals surface area (Å²) in [5.41, 5.74) is 11.8. The Kier molecular flexibility index (Phi) is 8.74. The number of aryl methyl sites for hydroxylation is 3. The van der Waals surface area contributed by atoms with Crippen LogP contribution in [-0.2, 0) is 25.8 Å². The topological polar surface area (TPSA) is 82.5 Å². The van der Waals surface area contributed by atoms with Gasteiger partial charge in [-0.3, -0.25) is 14.4 Å². The van der Waals surface area contributed by atoms with Gasteiger partial charge in [0, 0.05) is 19.0 Å². The van der Waals surface area contributed by atoms with Crippen molar-refractivity contribution in [2.75, 3.05) is 7.05 Å². The van der Waals surface area contributed by atoms with E-state index >= 15 is 0 Å².